The zero-order chi connectivity index (χ0) is 18.0. The first-order valence-corrected chi connectivity index (χ1v) is 8.67. The Kier molecular flexibility index (Phi) is 5.06. The van der Waals surface area contributed by atoms with Crippen molar-refractivity contribution in [3.05, 3.63) is 47.0 Å². The summed E-state index contributed by atoms with van der Waals surface area (Å²) in [6, 6.07) is 4.42. The van der Waals surface area contributed by atoms with Gasteiger partial charge in [0.15, 0.2) is 0 Å². The van der Waals surface area contributed by atoms with Gasteiger partial charge in [0, 0.05) is 17.8 Å². The summed E-state index contributed by atoms with van der Waals surface area (Å²) in [5, 5.41) is 7.71. The Labute approximate surface area is 147 Å². The van der Waals surface area contributed by atoms with Gasteiger partial charge in [0.2, 0.25) is 5.91 Å². The second-order valence-corrected chi connectivity index (χ2v) is 6.76. The number of nitrogens with zero attached hydrogens (tertiary/aromatic N) is 2. The lowest BCUT2D eigenvalue weighted by molar-refractivity contribution is -0.121. The molecule has 0 aliphatic heterocycles. The predicted octanol–water partition coefficient (Wildman–Crippen LogP) is 3.35. The molecule has 1 heterocycles. The summed E-state index contributed by atoms with van der Waals surface area (Å²) in [4.78, 5) is 12.5. The van der Waals surface area contributed by atoms with E-state index in [-0.39, 0.29) is 24.2 Å². The minimum absolute atomic E-state index is 0.0810. The number of hydrogen-bond donors (Lipinski definition) is 1. The standard InChI is InChI=1S/C19H24FN3O2/c1-12(2)23-11-13-5-4-6-16(19(13)22-23)21-18(24)10-14-9-15(20)7-8-17(14)25-3/h7-9,11-12,16H,4-6,10H2,1-3H3,(H,21,24). The van der Waals surface area contributed by atoms with Crippen LogP contribution in [0.3, 0.4) is 0 Å². The van der Waals surface area contributed by atoms with Gasteiger partial charge in [0.1, 0.15) is 11.6 Å². The molecule has 5 nitrogen and oxygen atoms in total. The van der Waals surface area contributed by atoms with E-state index in [0.717, 1.165) is 25.0 Å². The van der Waals surface area contributed by atoms with Crippen LogP contribution in [0.5, 0.6) is 5.75 Å². The number of aromatic nitrogens is 2. The second kappa shape index (κ2) is 7.25. The number of methoxy groups -OCH3 is 1. The van der Waals surface area contributed by atoms with Crippen molar-refractivity contribution in [3.8, 4) is 5.75 Å². The largest absolute Gasteiger partial charge is 0.496 e. The highest BCUT2D eigenvalue weighted by Crippen LogP contribution is 2.29. The first kappa shape index (κ1) is 17.5. The number of carbonyl (C=O) groups is 1. The van der Waals surface area contributed by atoms with Gasteiger partial charge < -0.3 is 10.1 Å². The SMILES string of the molecule is COc1ccc(F)cc1CC(=O)NC1CCCc2cn(C(C)C)nc21. The van der Waals surface area contributed by atoms with Gasteiger partial charge in [-0.05, 0) is 56.9 Å². The summed E-state index contributed by atoms with van der Waals surface area (Å²) in [5.41, 5.74) is 2.71. The van der Waals surface area contributed by atoms with E-state index in [4.69, 9.17) is 4.74 Å². The molecule has 0 saturated heterocycles. The van der Waals surface area contributed by atoms with Crippen LogP contribution in [0.1, 0.15) is 55.6 Å². The summed E-state index contributed by atoms with van der Waals surface area (Å²) in [7, 11) is 1.51. The lowest BCUT2D eigenvalue weighted by Crippen LogP contribution is -2.32. The van der Waals surface area contributed by atoms with Crippen molar-refractivity contribution in [2.45, 2.75) is 51.6 Å². The fourth-order valence-electron chi connectivity index (χ4n) is 3.27. The smallest absolute Gasteiger partial charge is 0.225 e. The first-order chi connectivity index (χ1) is 12.0. The maximum Gasteiger partial charge on any atom is 0.225 e. The third kappa shape index (κ3) is 3.83. The zero-order valence-electron chi connectivity index (χ0n) is 14.9. The van der Waals surface area contributed by atoms with E-state index in [2.05, 4.69) is 30.5 Å². The molecule has 134 valence electrons. The average molecular weight is 345 g/mol. The number of benzene rings is 1. The Morgan fingerprint density at radius 3 is 3.00 bits per heavy atom. The molecule has 0 saturated carbocycles. The van der Waals surface area contributed by atoms with Crippen LogP contribution in [0.4, 0.5) is 4.39 Å². The molecule has 2 aromatic rings. The topological polar surface area (TPSA) is 56.1 Å². The molecule has 6 heteroatoms. The molecule has 1 amide bonds. The Balaban J connectivity index is 1.73. The molecule has 0 radical (unpaired) electrons. The highest BCUT2D eigenvalue weighted by Gasteiger charge is 2.26. The molecule has 0 bridgehead atoms. The Hall–Kier alpha value is -2.37. The number of carbonyl (C=O) groups excluding carboxylic acids is 1. The quantitative estimate of drug-likeness (QED) is 0.904. The van der Waals surface area contributed by atoms with Crippen LogP contribution >= 0.6 is 0 Å². The third-order valence-electron chi connectivity index (χ3n) is 4.57. The monoisotopic (exact) mass is 345 g/mol. The predicted molar refractivity (Wildman–Crippen MR) is 93.1 cm³/mol. The molecule has 0 spiro atoms. The van der Waals surface area contributed by atoms with E-state index >= 15 is 0 Å². The Bertz CT molecular complexity index is 770. The Morgan fingerprint density at radius 1 is 1.48 bits per heavy atom. The van der Waals surface area contributed by atoms with Gasteiger partial charge in [-0.3, -0.25) is 9.48 Å². The van der Waals surface area contributed by atoms with Gasteiger partial charge in [-0.15, -0.1) is 0 Å². The van der Waals surface area contributed by atoms with Crippen LogP contribution in [0, 0.1) is 5.82 Å². The molecule has 1 aliphatic carbocycles. The number of amides is 1. The van der Waals surface area contributed by atoms with E-state index in [1.54, 1.807) is 6.07 Å². The average Bonchev–Trinajstić information content (AvgIpc) is 3.00. The van der Waals surface area contributed by atoms with Crippen molar-refractivity contribution < 1.29 is 13.9 Å². The summed E-state index contributed by atoms with van der Waals surface area (Å²) in [6.07, 6.45) is 5.04. The number of fused-ring (bicyclic) bond motifs is 1. The minimum Gasteiger partial charge on any atom is -0.496 e. The molecule has 1 atom stereocenters. The number of nitrogens with one attached hydrogen (secondary N) is 1. The maximum atomic E-state index is 13.5. The normalized spacial score (nSPS) is 16.6. The molecule has 1 aromatic heterocycles. The number of halogens is 1. The van der Waals surface area contributed by atoms with E-state index in [1.807, 2.05) is 4.68 Å². The van der Waals surface area contributed by atoms with Crippen LogP contribution in [0.2, 0.25) is 0 Å². The molecule has 0 fully saturated rings. The molecule has 25 heavy (non-hydrogen) atoms. The van der Waals surface area contributed by atoms with E-state index < -0.39 is 0 Å². The summed E-state index contributed by atoms with van der Waals surface area (Å²) in [5.74, 6) is -0.00922. The van der Waals surface area contributed by atoms with Crippen molar-refractivity contribution in [1.29, 1.82) is 0 Å². The molecule has 1 aliphatic rings. The van der Waals surface area contributed by atoms with Crippen molar-refractivity contribution in [2.75, 3.05) is 7.11 Å². The molecule has 3 rings (SSSR count). The first-order valence-electron chi connectivity index (χ1n) is 8.67. The van der Waals surface area contributed by atoms with Crippen molar-refractivity contribution >= 4 is 5.91 Å². The molecule has 1 unspecified atom stereocenters. The summed E-state index contributed by atoms with van der Waals surface area (Å²) >= 11 is 0. The summed E-state index contributed by atoms with van der Waals surface area (Å²) in [6.45, 7) is 4.17. The van der Waals surface area contributed by atoms with Gasteiger partial charge in [0.25, 0.3) is 0 Å². The zero-order valence-corrected chi connectivity index (χ0v) is 14.9. The van der Waals surface area contributed by atoms with E-state index in [1.165, 1.54) is 24.8 Å². The highest BCUT2D eigenvalue weighted by atomic mass is 19.1. The van der Waals surface area contributed by atoms with Crippen molar-refractivity contribution in [3.63, 3.8) is 0 Å². The van der Waals surface area contributed by atoms with E-state index in [0.29, 0.717) is 17.4 Å². The molecular formula is C19H24FN3O2. The van der Waals surface area contributed by atoms with E-state index in [9.17, 15) is 9.18 Å². The van der Waals surface area contributed by atoms with Gasteiger partial charge in [-0.25, -0.2) is 4.39 Å². The number of ether oxygens (including phenoxy) is 1. The number of aryl methyl sites for hydroxylation is 1. The minimum atomic E-state index is -0.376. The van der Waals surface area contributed by atoms with Crippen LogP contribution in [0.15, 0.2) is 24.4 Å². The van der Waals surface area contributed by atoms with Crippen LogP contribution in [-0.4, -0.2) is 22.8 Å². The van der Waals surface area contributed by atoms with Crippen LogP contribution in [0.25, 0.3) is 0 Å². The maximum absolute atomic E-state index is 13.5. The van der Waals surface area contributed by atoms with Crippen LogP contribution in [-0.2, 0) is 17.6 Å². The highest BCUT2D eigenvalue weighted by molar-refractivity contribution is 5.79. The van der Waals surface area contributed by atoms with Crippen molar-refractivity contribution in [2.24, 2.45) is 0 Å². The molecule has 1 N–H and O–H groups in total. The van der Waals surface area contributed by atoms with Gasteiger partial charge >= 0.3 is 0 Å². The number of rotatable bonds is 5. The van der Waals surface area contributed by atoms with Gasteiger partial charge in [0.05, 0.1) is 25.3 Å². The van der Waals surface area contributed by atoms with Crippen molar-refractivity contribution in [1.82, 2.24) is 15.1 Å². The fraction of sp³-hybridized carbons (Fsp3) is 0.474. The van der Waals surface area contributed by atoms with Crippen LogP contribution < -0.4 is 10.1 Å². The third-order valence-corrected chi connectivity index (χ3v) is 4.57. The molecule has 1 aromatic carbocycles. The van der Waals surface area contributed by atoms with Gasteiger partial charge in [-0.2, -0.15) is 5.10 Å². The Morgan fingerprint density at radius 2 is 2.28 bits per heavy atom. The number of hydrogen-bond acceptors (Lipinski definition) is 3. The lowest BCUT2D eigenvalue weighted by atomic mass is 9.93. The second-order valence-electron chi connectivity index (χ2n) is 6.76. The van der Waals surface area contributed by atoms with Gasteiger partial charge in [-0.1, -0.05) is 0 Å². The lowest BCUT2D eigenvalue weighted by Gasteiger charge is -2.22. The molecular weight excluding hydrogens is 321 g/mol. The fourth-order valence-corrected chi connectivity index (χ4v) is 3.27. The summed E-state index contributed by atoms with van der Waals surface area (Å²) < 4.78 is 20.6.